The number of aryl methyl sites for hydroxylation is 2. The SMILES string of the molecule is Cc1cc2cc(-c3cnc4c(c3C)NCCC4)c(F)c(N)c2cn1. The highest BCUT2D eigenvalue weighted by Gasteiger charge is 2.19. The van der Waals surface area contributed by atoms with Gasteiger partial charge in [-0.2, -0.15) is 0 Å². The van der Waals surface area contributed by atoms with Crippen LogP contribution in [0.3, 0.4) is 0 Å². The molecular formula is C19H19FN4. The van der Waals surface area contributed by atoms with Crippen LogP contribution < -0.4 is 11.1 Å². The monoisotopic (exact) mass is 322 g/mol. The first-order chi connectivity index (χ1) is 11.6. The molecule has 24 heavy (non-hydrogen) atoms. The fraction of sp³-hybridized carbons (Fsp3) is 0.263. The van der Waals surface area contributed by atoms with Crippen LogP contribution in [-0.2, 0) is 6.42 Å². The van der Waals surface area contributed by atoms with Crippen molar-refractivity contribution in [3.05, 3.63) is 47.3 Å². The third-order valence-electron chi connectivity index (χ3n) is 4.74. The van der Waals surface area contributed by atoms with Gasteiger partial charge in [-0.05, 0) is 49.8 Å². The number of hydrogen-bond acceptors (Lipinski definition) is 4. The lowest BCUT2D eigenvalue weighted by Gasteiger charge is -2.21. The predicted molar refractivity (Wildman–Crippen MR) is 95.6 cm³/mol. The van der Waals surface area contributed by atoms with E-state index in [0.717, 1.165) is 53.0 Å². The van der Waals surface area contributed by atoms with E-state index in [1.165, 1.54) is 0 Å². The number of aromatic nitrogens is 2. The number of benzene rings is 1. The van der Waals surface area contributed by atoms with E-state index in [1.807, 2.05) is 26.0 Å². The topological polar surface area (TPSA) is 63.8 Å². The van der Waals surface area contributed by atoms with Gasteiger partial charge in [0.1, 0.15) is 0 Å². The van der Waals surface area contributed by atoms with Gasteiger partial charge in [0, 0.05) is 41.1 Å². The Morgan fingerprint density at radius 1 is 1.12 bits per heavy atom. The summed E-state index contributed by atoms with van der Waals surface area (Å²) in [5, 5.41) is 4.93. The van der Waals surface area contributed by atoms with E-state index in [4.69, 9.17) is 5.73 Å². The number of nitrogen functional groups attached to an aromatic ring is 1. The van der Waals surface area contributed by atoms with Gasteiger partial charge in [0.15, 0.2) is 5.82 Å². The minimum Gasteiger partial charge on any atom is -0.396 e. The minimum absolute atomic E-state index is 0.139. The number of rotatable bonds is 1. The highest BCUT2D eigenvalue weighted by atomic mass is 19.1. The molecule has 4 nitrogen and oxygen atoms in total. The molecule has 1 aliphatic rings. The van der Waals surface area contributed by atoms with Crippen LogP contribution in [0, 0.1) is 19.7 Å². The summed E-state index contributed by atoms with van der Waals surface area (Å²) in [5.41, 5.74) is 11.4. The first-order valence-electron chi connectivity index (χ1n) is 8.13. The summed E-state index contributed by atoms with van der Waals surface area (Å²) in [6.45, 7) is 4.84. The zero-order chi connectivity index (χ0) is 16.8. The molecule has 0 bridgehead atoms. The minimum atomic E-state index is -0.409. The number of fused-ring (bicyclic) bond motifs is 2. The summed E-state index contributed by atoms with van der Waals surface area (Å²) in [4.78, 5) is 8.76. The number of nitrogens with zero attached hydrogens (tertiary/aromatic N) is 2. The van der Waals surface area contributed by atoms with Crippen molar-refractivity contribution in [2.75, 3.05) is 17.6 Å². The van der Waals surface area contributed by atoms with Crippen molar-refractivity contribution >= 4 is 22.1 Å². The zero-order valence-corrected chi connectivity index (χ0v) is 13.8. The Bertz CT molecular complexity index is 965. The van der Waals surface area contributed by atoms with Crippen LogP contribution in [0.2, 0.25) is 0 Å². The number of halogens is 1. The predicted octanol–water partition coefficient (Wildman–Crippen LogP) is 3.99. The van der Waals surface area contributed by atoms with Crippen LogP contribution in [-0.4, -0.2) is 16.5 Å². The van der Waals surface area contributed by atoms with E-state index in [9.17, 15) is 4.39 Å². The molecule has 1 aromatic carbocycles. The molecule has 4 rings (SSSR count). The Kier molecular flexibility index (Phi) is 3.37. The summed E-state index contributed by atoms with van der Waals surface area (Å²) in [6.07, 6.45) is 5.42. The van der Waals surface area contributed by atoms with Gasteiger partial charge in [-0.25, -0.2) is 4.39 Å². The highest BCUT2D eigenvalue weighted by Crippen LogP contribution is 2.37. The molecule has 0 atom stereocenters. The van der Waals surface area contributed by atoms with Crippen molar-refractivity contribution in [1.82, 2.24) is 9.97 Å². The maximum atomic E-state index is 14.9. The van der Waals surface area contributed by atoms with E-state index in [2.05, 4.69) is 15.3 Å². The Morgan fingerprint density at radius 2 is 1.96 bits per heavy atom. The quantitative estimate of drug-likeness (QED) is 0.665. The molecule has 5 heteroatoms. The van der Waals surface area contributed by atoms with Gasteiger partial charge in [0.25, 0.3) is 0 Å². The molecule has 3 heterocycles. The number of pyridine rings is 2. The summed E-state index contributed by atoms with van der Waals surface area (Å²) in [6, 6.07) is 3.77. The molecule has 3 N–H and O–H groups in total. The van der Waals surface area contributed by atoms with E-state index < -0.39 is 5.82 Å². The van der Waals surface area contributed by atoms with Crippen LogP contribution in [0.1, 0.15) is 23.4 Å². The van der Waals surface area contributed by atoms with Gasteiger partial charge in [-0.15, -0.1) is 0 Å². The van der Waals surface area contributed by atoms with Gasteiger partial charge in [-0.1, -0.05) is 0 Å². The Morgan fingerprint density at radius 3 is 2.79 bits per heavy atom. The molecule has 0 aliphatic carbocycles. The van der Waals surface area contributed by atoms with E-state index in [1.54, 1.807) is 12.4 Å². The zero-order valence-electron chi connectivity index (χ0n) is 13.8. The molecule has 0 unspecified atom stereocenters. The lowest BCUT2D eigenvalue weighted by atomic mass is 9.95. The number of nitrogens with one attached hydrogen (secondary N) is 1. The van der Waals surface area contributed by atoms with Crippen molar-refractivity contribution in [1.29, 1.82) is 0 Å². The third-order valence-corrected chi connectivity index (χ3v) is 4.74. The first-order valence-corrected chi connectivity index (χ1v) is 8.13. The Hall–Kier alpha value is -2.69. The molecule has 0 spiro atoms. The van der Waals surface area contributed by atoms with Crippen molar-refractivity contribution < 1.29 is 4.39 Å². The van der Waals surface area contributed by atoms with E-state index in [0.29, 0.717) is 10.9 Å². The van der Waals surface area contributed by atoms with E-state index >= 15 is 0 Å². The van der Waals surface area contributed by atoms with Gasteiger partial charge in [0.05, 0.1) is 17.1 Å². The van der Waals surface area contributed by atoms with Crippen molar-refractivity contribution in [2.24, 2.45) is 0 Å². The van der Waals surface area contributed by atoms with E-state index in [-0.39, 0.29) is 5.69 Å². The molecule has 0 saturated carbocycles. The normalized spacial score (nSPS) is 13.6. The molecule has 3 aromatic rings. The molecule has 2 aromatic heterocycles. The Balaban J connectivity index is 1.98. The summed E-state index contributed by atoms with van der Waals surface area (Å²) in [5.74, 6) is -0.409. The smallest absolute Gasteiger partial charge is 0.154 e. The molecule has 122 valence electrons. The van der Waals surface area contributed by atoms with Crippen molar-refractivity contribution in [2.45, 2.75) is 26.7 Å². The van der Waals surface area contributed by atoms with Gasteiger partial charge in [0.2, 0.25) is 0 Å². The molecular weight excluding hydrogens is 303 g/mol. The Labute approximate surface area is 139 Å². The standard InChI is InChI=1S/C19H19FN4/c1-10-6-12-7-13(17(20)18(21)15(12)9-23-10)14-8-24-16-4-3-5-22-19(16)11(14)2/h6-9,22H,3-5,21H2,1-2H3. The average molecular weight is 322 g/mol. The fourth-order valence-electron chi connectivity index (χ4n) is 3.42. The maximum absolute atomic E-state index is 14.9. The van der Waals surface area contributed by atoms with Crippen LogP contribution in [0.5, 0.6) is 0 Å². The molecule has 0 radical (unpaired) electrons. The number of nitrogens with two attached hydrogens (primary N) is 1. The van der Waals surface area contributed by atoms with Crippen LogP contribution >= 0.6 is 0 Å². The van der Waals surface area contributed by atoms with Gasteiger partial charge >= 0.3 is 0 Å². The van der Waals surface area contributed by atoms with Crippen LogP contribution in [0.15, 0.2) is 24.5 Å². The van der Waals surface area contributed by atoms with Crippen LogP contribution in [0.4, 0.5) is 15.8 Å². The largest absolute Gasteiger partial charge is 0.396 e. The second-order valence-electron chi connectivity index (χ2n) is 6.35. The second kappa shape index (κ2) is 5.44. The van der Waals surface area contributed by atoms with Crippen LogP contribution in [0.25, 0.3) is 21.9 Å². The van der Waals surface area contributed by atoms with Gasteiger partial charge in [-0.3, -0.25) is 9.97 Å². The summed E-state index contributed by atoms with van der Waals surface area (Å²) in [7, 11) is 0. The average Bonchev–Trinajstić information content (AvgIpc) is 2.59. The summed E-state index contributed by atoms with van der Waals surface area (Å²) >= 11 is 0. The number of anilines is 2. The lowest BCUT2D eigenvalue weighted by molar-refractivity contribution is 0.637. The third kappa shape index (κ3) is 2.19. The van der Waals surface area contributed by atoms with Gasteiger partial charge < -0.3 is 11.1 Å². The highest BCUT2D eigenvalue weighted by molar-refractivity contribution is 5.97. The fourth-order valence-corrected chi connectivity index (χ4v) is 3.42. The van der Waals surface area contributed by atoms with Crippen molar-refractivity contribution in [3.8, 4) is 11.1 Å². The molecule has 0 saturated heterocycles. The first kappa shape index (κ1) is 14.9. The maximum Gasteiger partial charge on any atom is 0.154 e. The molecule has 0 amide bonds. The molecule has 0 fully saturated rings. The summed E-state index contributed by atoms with van der Waals surface area (Å²) < 4.78 is 14.9. The van der Waals surface area contributed by atoms with Crippen molar-refractivity contribution in [3.63, 3.8) is 0 Å². The molecule has 1 aliphatic heterocycles. The lowest BCUT2D eigenvalue weighted by Crippen LogP contribution is -2.15. The second-order valence-corrected chi connectivity index (χ2v) is 6.35. The number of hydrogen-bond donors (Lipinski definition) is 2.